The molecule has 2 aliphatic heterocycles. The van der Waals surface area contributed by atoms with Gasteiger partial charge in [-0.25, -0.2) is 9.38 Å². The number of benzene rings is 2. The predicted molar refractivity (Wildman–Crippen MR) is 115 cm³/mol. The maximum atomic E-state index is 5.91. The summed E-state index contributed by atoms with van der Waals surface area (Å²) in [5, 5.41) is 10.2. The van der Waals surface area contributed by atoms with Gasteiger partial charge in [-0.1, -0.05) is 42.0 Å². The molecule has 2 aromatic carbocycles. The van der Waals surface area contributed by atoms with E-state index in [1.54, 1.807) is 0 Å². The highest BCUT2D eigenvalue weighted by molar-refractivity contribution is 5.94. The minimum absolute atomic E-state index is 0.418. The molecule has 0 aliphatic carbocycles. The van der Waals surface area contributed by atoms with E-state index in [2.05, 4.69) is 56.8 Å². The van der Waals surface area contributed by atoms with Crippen molar-refractivity contribution >= 4 is 22.5 Å². The highest BCUT2D eigenvalue weighted by Crippen LogP contribution is 2.35. The van der Waals surface area contributed by atoms with Crippen LogP contribution in [0.2, 0.25) is 0 Å². The summed E-state index contributed by atoms with van der Waals surface area (Å²) in [6, 6.07) is 16.5. The third-order valence-corrected chi connectivity index (χ3v) is 6.13. The molecule has 30 heavy (non-hydrogen) atoms. The van der Waals surface area contributed by atoms with E-state index in [0.29, 0.717) is 13.2 Å². The fourth-order valence-electron chi connectivity index (χ4n) is 4.55. The molecule has 7 nitrogen and oxygen atoms in total. The van der Waals surface area contributed by atoms with Crippen LogP contribution in [0.25, 0.3) is 27.9 Å². The van der Waals surface area contributed by atoms with Crippen LogP contribution >= 0.6 is 0 Å². The van der Waals surface area contributed by atoms with Gasteiger partial charge in [-0.15, -0.1) is 10.2 Å². The predicted octanol–water partition coefficient (Wildman–Crippen LogP) is 3.60. The fourth-order valence-corrected chi connectivity index (χ4v) is 4.55. The van der Waals surface area contributed by atoms with Crippen molar-refractivity contribution in [1.82, 2.24) is 19.6 Å². The molecule has 0 atom stereocenters. The van der Waals surface area contributed by atoms with Crippen LogP contribution in [0.4, 0.5) is 5.95 Å². The first kappa shape index (κ1) is 17.8. The summed E-state index contributed by atoms with van der Waals surface area (Å²) in [6.45, 7) is 5.07. The van der Waals surface area contributed by atoms with E-state index in [1.165, 1.54) is 5.56 Å². The van der Waals surface area contributed by atoms with Gasteiger partial charge in [-0.3, -0.25) is 0 Å². The first-order valence-electron chi connectivity index (χ1n) is 10.5. The summed E-state index contributed by atoms with van der Waals surface area (Å²) >= 11 is 0. The number of hydrogen-bond donors (Lipinski definition) is 0. The molecule has 6 rings (SSSR count). The Morgan fingerprint density at radius 3 is 2.47 bits per heavy atom. The van der Waals surface area contributed by atoms with Gasteiger partial charge in [-0.05, 0) is 19.1 Å². The number of aromatic nitrogens is 4. The molecule has 2 aliphatic rings. The summed E-state index contributed by atoms with van der Waals surface area (Å²) in [6.07, 6.45) is 1.65. The molecule has 4 aromatic rings. The smallest absolute Gasteiger partial charge is 0.213 e. The largest absolute Gasteiger partial charge is 0.347 e. The topological polar surface area (TPSA) is 64.8 Å². The second-order valence-corrected chi connectivity index (χ2v) is 8.08. The van der Waals surface area contributed by atoms with Gasteiger partial charge in [0.15, 0.2) is 17.3 Å². The Balaban J connectivity index is 1.53. The molecular formula is C23H23N5O2. The van der Waals surface area contributed by atoms with E-state index in [4.69, 9.17) is 14.5 Å². The number of aryl methyl sites for hydroxylation is 1. The quantitative estimate of drug-likeness (QED) is 0.511. The van der Waals surface area contributed by atoms with E-state index in [0.717, 1.165) is 59.8 Å². The molecular weight excluding hydrogens is 378 g/mol. The van der Waals surface area contributed by atoms with E-state index < -0.39 is 5.79 Å². The average molecular weight is 401 g/mol. The lowest BCUT2D eigenvalue weighted by Gasteiger charge is -2.38. The maximum absolute atomic E-state index is 5.91. The van der Waals surface area contributed by atoms with E-state index in [9.17, 15) is 0 Å². The summed E-state index contributed by atoms with van der Waals surface area (Å²) in [5.41, 5.74) is 3.98. The third-order valence-electron chi connectivity index (χ3n) is 6.13. The zero-order valence-corrected chi connectivity index (χ0v) is 16.9. The Hall–Kier alpha value is -3.03. The van der Waals surface area contributed by atoms with Crippen LogP contribution in [-0.4, -0.2) is 51.7 Å². The average Bonchev–Trinajstić information content (AvgIpc) is 3.43. The highest BCUT2D eigenvalue weighted by Gasteiger charge is 2.40. The van der Waals surface area contributed by atoms with Gasteiger partial charge in [0.25, 0.3) is 0 Å². The van der Waals surface area contributed by atoms with Gasteiger partial charge in [0, 0.05) is 36.9 Å². The molecule has 2 fully saturated rings. The third kappa shape index (κ3) is 2.77. The number of nitrogens with zero attached hydrogens (tertiary/aromatic N) is 5. The van der Waals surface area contributed by atoms with Crippen molar-refractivity contribution in [2.45, 2.75) is 25.6 Å². The minimum atomic E-state index is -0.418. The van der Waals surface area contributed by atoms with Crippen LogP contribution in [0.1, 0.15) is 18.4 Å². The molecule has 0 bridgehead atoms. The lowest BCUT2D eigenvalue weighted by atomic mass is 10.0. The first-order chi connectivity index (χ1) is 14.7. The normalized spacial score (nSPS) is 18.6. The lowest BCUT2D eigenvalue weighted by Crippen LogP contribution is -2.46. The monoisotopic (exact) mass is 401 g/mol. The van der Waals surface area contributed by atoms with Crippen LogP contribution in [0.15, 0.2) is 48.5 Å². The molecule has 0 radical (unpaired) electrons. The van der Waals surface area contributed by atoms with Gasteiger partial charge in [0.2, 0.25) is 5.95 Å². The van der Waals surface area contributed by atoms with Crippen LogP contribution in [0.3, 0.4) is 0 Å². The molecule has 2 aromatic heterocycles. The molecule has 1 spiro atoms. The molecule has 0 unspecified atom stereocenters. The first-order valence-corrected chi connectivity index (χ1v) is 10.5. The number of fused-ring (bicyclic) bond motifs is 3. The minimum Gasteiger partial charge on any atom is -0.347 e. The van der Waals surface area contributed by atoms with Crippen molar-refractivity contribution in [2.75, 3.05) is 31.2 Å². The second kappa shape index (κ2) is 6.75. The van der Waals surface area contributed by atoms with E-state index >= 15 is 0 Å². The van der Waals surface area contributed by atoms with Gasteiger partial charge >= 0.3 is 0 Å². The van der Waals surface area contributed by atoms with Gasteiger partial charge in [-0.2, -0.15) is 0 Å². The zero-order valence-electron chi connectivity index (χ0n) is 16.9. The van der Waals surface area contributed by atoms with Crippen LogP contribution in [0.5, 0.6) is 0 Å². The van der Waals surface area contributed by atoms with Crippen LogP contribution < -0.4 is 4.90 Å². The molecule has 152 valence electrons. The molecule has 0 N–H and O–H groups in total. The number of hydrogen-bond acceptors (Lipinski definition) is 6. The van der Waals surface area contributed by atoms with Crippen molar-refractivity contribution in [3.8, 4) is 11.4 Å². The summed E-state index contributed by atoms with van der Waals surface area (Å²) in [5.74, 6) is 1.27. The zero-order chi connectivity index (χ0) is 20.1. The van der Waals surface area contributed by atoms with Gasteiger partial charge < -0.3 is 14.4 Å². The number of ether oxygens (including phenoxy) is 2. The Bertz CT molecular complexity index is 1220. The lowest BCUT2D eigenvalue weighted by molar-refractivity contribution is -0.169. The second-order valence-electron chi connectivity index (χ2n) is 8.08. The van der Waals surface area contributed by atoms with Gasteiger partial charge in [0.1, 0.15) is 0 Å². The highest BCUT2D eigenvalue weighted by atomic mass is 16.7. The van der Waals surface area contributed by atoms with Crippen molar-refractivity contribution in [3.05, 3.63) is 54.1 Å². The molecule has 7 heteroatoms. The molecule has 2 saturated heterocycles. The van der Waals surface area contributed by atoms with Crippen LogP contribution in [-0.2, 0) is 9.47 Å². The van der Waals surface area contributed by atoms with Crippen LogP contribution in [0, 0.1) is 6.92 Å². The fraction of sp³-hybridized carbons (Fsp3) is 0.348. The standard InChI is InChI=1S/C23H23N5O2/c1-16-7-8-19-18(15-16)21-26-25-20(17-5-3-2-4-6-17)28(21)22(24-19)27-11-9-23(10-12-27)29-13-14-30-23/h2-8,15H,9-14H2,1H3. The number of rotatable bonds is 2. The Kier molecular flexibility index (Phi) is 4.01. The number of piperidine rings is 1. The van der Waals surface area contributed by atoms with Crippen molar-refractivity contribution in [3.63, 3.8) is 0 Å². The number of anilines is 1. The Morgan fingerprint density at radius 1 is 0.933 bits per heavy atom. The van der Waals surface area contributed by atoms with Crippen molar-refractivity contribution in [2.24, 2.45) is 0 Å². The summed E-state index contributed by atoms with van der Waals surface area (Å²) in [7, 11) is 0. The summed E-state index contributed by atoms with van der Waals surface area (Å²) < 4.78 is 13.9. The van der Waals surface area contributed by atoms with E-state index in [1.807, 2.05) is 18.2 Å². The molecule has 0 amide bonds. The summed E-state index contributed by atoms with van der Waals surface area (Å²) in [4.78, 5) is 7.37. The van der Waals surface area contributed by atoms with Crippen molar-refractivity contribution < 1.29 is 9.47 Å². The Morgan fingerprint density at radius 2 is 1.70 bits per heavy atom. The molecule has 0 saturated carbocycles. The maximum Gasteiger partial charge on any atom is 0.213 e. The van der Waals surface area contributed by atoms with E-state index in [-0.39, 0.29) is 0 Å². The van der Waals surface area contributed by atoms with Gasteiger partial charge in [0.05, 0.1) is 18.7 Å². The van der Waals surface area contributed by atoms with Crippen molar-refractivity contribution in [1.29, 1.82) is 0 Å². The Labute approximate surface area is 174 Å². The molecule has 4 heterocycles. The SMILES string of the molecule is Cc1ccc2nc(N3CCC4(CC3)OCCO4)n3c(-c4ccccc4)nnc3c2c1.